The van der Waals surface area contributed by atoms with Gasteiger partial charge in [0.1, 0.15) is 5.75 Å². The Bertz CT molecular complexity index is 758. The normalized spacial score (nSPS) is 17.6. The van der Waals surface area contributed by atoms with Gasteiger partial charge in [-0.2, -0.15) is 0 Å². The second kappa shape index (κ2) is 7.65. The Balaban J connectivity index is 1.77. The van der Waals surface area contributed by atoms with E-state index in [4.69, 9.17) is 4.74 Å². The molecule has 0 spiro atoms. The molecule has 0 fully saturated rings. The number of hydrogen-bond donors (Lipinski definition) is 0. The minimum atomic E-state index is -0.144. The summed E-state index contributed by atoms with van der Waals surface area (Å²) >= 11 is 0. The molecule has 24 heavy (non-hydrogen) atoms. The number of allylic oxidation sites excluding steroid dienone is 2. The van der Waals surface area contributed by atoms with Crippen LogP contribution >= 0.6 is 0 Å². The fourth-order valence-corrected chi connectivity index (χ4v) is 3.22. The molecule has 0 aromatic heterocycles. The van der Waals surface area contributed by atoms with E-state index in [9.17, 15) is 4.79 Å². The Kier molecular flexibility index (Phi) is 5.34. The van der Waals surface area contributed by atoms with Gasteiger partial charge in [0.25, 0.3) is 0 Å². The van der Waals surface area contributed by atoms with E-state index in [1.165, 1.54) is 35.8 Å². The first-order valence-corrected chi connectivity index (χ1v) is 9.09. The summed E-state index contributed by atoms with van der Waals surface area (Å²) in [6.07, 6.45) is 8.38. The average molecular weight is 322 g/mol. The van der Waals surface area contributed by atoms with Crippen LogP contribution in [0.25, 0.3) is 16.3 Å². The van der Waals surface area contributed by atoms with Gasteiger partial charge in [0, 0.05) is 6.42 Å². The van der Waals surface area contributed by atoms with Crippen molar-refractivity contribution < 1.29 is 9.53 Å². The lowest BCUT2D eigenvalue weighted by atomic mass is 9.87. The molecule has 1 atom stereocenters. The first-order chi connectivity index (χ1) is 11.7. The number of benzene rings is 2. The molecule has 2 nitrogen and oxygen atoms in total. The Labute approximate surface area is 144 Å². The number of rotatable bonds is 5. The van der Waals surface area contributed by atoms with Crippen LogP contribution in [0.2, 0.25) is 0 Å². The van der Waals surface area contributed by atoms with Crippen molar-refractivity contribution in [3.05, 3.63) is 48.0 Å². The maximum absolute atomic E-state index is 11.8. The first kappa shape index (κ1) is 16.8. The molecule has 2 heteroatoms. The van der Waals surface area contributed by atoms with E-state index in [1.807, 2.05) is 18.2 Å². The lowest BCUT2D eigenvalue weighted by molar-refractivity contribution is -0.134. The van der Waals surface area contributed by atoms with E-state index >= 15 is 0 Å². The molecule has 0 aliphatic heterocycles. The monoisotopic (exact) mass is 322 g/mol. The van der Waals surface area contributed by atoms with Crippen molar-refractivity contribution in [3.8, 4) is 5.75 Å². The maximum Gasteiger partial charge on any atom is 0.311 e. The summed E-state index contributed by atoms with van der Waals surface area (Å²) in [6, 6.07) is 12.5. The van der Waals surface area contributed by atoms with Crippen LogP contribution in [0.15, 0.2) is 42.5 Å². The zero-order chi connectivity index (χ0) is 16.9. The second-order valence-electron chi connectivity index (χ2n) is 6.91. The van der Waals surface area contributed by atoms with E-state index < -0.39 is 0 Å². The second-order valence-corrected chi connectivity index (χ2v) is 6.91. The van der Waals surface area contributed by atoms with E-state index in [0.717, 1.165) is 24.1 Å². The Hall–Kier alpha value is -2.09. The van der Waals surface area contributed by atoms with Crippen molar-refractivity contribution in [1.82, 2.24) is 0 Å². The van der Waals surface area contributed by atoms with Crippen molar-refractivity contribution in [3.63, 3.8) is 0 Å². The molecule has 1 aliphatic carbocycles. The van der Waals surface area contributed by atoms with Crippen LogP contribution in [0.3, 0.4) is 0 Å². The highest BCUT2D eigenvalue weighted by atomic mass is 16.5. The molecular weight excluding hydrogens is 296 g/mol. The molecule has 0 N–H and O–H groups in total. The number of fused-ring (bicyclic) bond motifs is 1. The van der Waals surface area contributed by atoms with Gasteiger partial charge in [-0.1, -0.05) is 44.5 Å². The molecule has 0 radical (unpaired) electrons. The zero-order valence-electron chi connectivity index (χ0n) is 14.7. The largest absolute Gasteiger partial charge is 0.427 e. The van der Waals surface area contributed by atoms with Crippen LogP contribution in [0, 0.1) is 5.92 Å². The fraction of sp³-hybridized carbons (Fsp3) is 0.409. The Morgan fingerprint density at radius 1 is 1.17 bits per heavy atom. The lowest BCUT2D eigenvalue weighted by Crippen LogP contribution is -2.07. The summed E-state index contributed by atoms with van der Waals surface area (Å²) in [6.45, 7) is 4.39. The third kappa shape index (κ3) is 4.05. The highest BCUT2D eigenvalue weighted by Gasteiger charge is 2.12. The van der Waals surface area contributed by atoms with Gasteiger partial charge in [0.15, 0.2) is 0 Å². The zero-order valence-corrected chi connectivity index (χ0v) is 14.7. The first-order valence-electron chi connectivity index (χ1n) is 9.09. The minimum Gasteiger partial charge on any atom is -0.427 e. The molecule has 126 valence electrons. The average Bonchev–Trinajstić information content (AvgIpc) is 2.60. The summed E-state index contributed by atoms with van der Waals surface area (Å²) in [7, 11) is 0. The summed E-state index contributed by atoms with van der Waals surface area (Å²) in [4.78, 5) is 11.8. The number of carbonyl (C=O) groups is 1. The van der Waals surface area contributed by atoms with E-state index in [2.05, 4.69) is 38.1 Å². The van der Waals surface area contributed by atoms with Crippen LogP contribution in [0.1, 0.15) is 57.9 Å². The Morgan fingerprint density at radius 2 is 1.96 bits per heavy atom. The molecule has 2 aromatic carbocycles. The van der Waals surface area contributed by atoms with Gasteiger partial charge in [-0.3, -0.25) is 4.79 Å². The quantitative estimate of drug-likeness (QED) is 0.488. The summed E-state index contributed by atoms with van der Waals surface area (Å²) < 4.78 is 5.43. The van der Waals surface area contributed by atoms with Gasteiger partial charge in [-0.25, -0.2) is 0 Å². The van der Waals surface area contributed by atoms with Crippen LogP contribution in [0.5, 0.6) is 5.75 Å². The summed E-state index contributed by atoms with van der Waals surface area (Å²) in [5.41, 5.74) is 2.78. The molecule has 3 rings (SSSR count). The number of hydrogen-bond acceptors (Lipinski definition) is 2. The molecule has 2 aromatic rings. The fourth-order valence-electron chi connectivity index (χ4n) is 3.22. The highest BCUT2D eigenvalue weighted by Crippen LogP contribution is 2.32. The highest BCUT2D eigenvalue weighted by molar-refractivity contribution is 5.88. The van der Waals surface area contributed by atoms with Gasteiger partial charge in [-0.05, 0) is 71.7 Å². The standard InChI is InChI=1S/C22H26O2/c1-3-4-5-22(23)24-21-13-12-19-14-18(10-11-20(19)15-21)17-8-6-16(2)7-9-17/h8,10-16H,3-7,9H2,1-2H3. The van der Waals surface area contributed by atoms with Crippen molar-refractivity contribution in [2.24, 2.45) is 5.92 Å². The lowest BCUT2D eigenvalue weighted by Gasteiger charge is -2.18. The maximum atomic E-state index is 11.8. The molecule has 0 saturated carbocycles. The van der Waals surface area contributed by atoms with Crippen LogP contribution in [0.4, 0.5) is 0 Å². The predicted octanol–water partition coefficient (Wildman–Crippen LogP) is 6.14. The summed E-state index contributed by atoms with van der Waals surface area (Å²) in [5, 5.41) is 2.31. The van der Waals surface area contributed by atoms with Gasteiger partial charge in [-0.15, -0.1) is 0 Å². The Morgan fingerprint density at radius 3 is 2.71 bits per heavy atom. The number of carbonyl (C=O) groups excluding carboxylic acids is 1. The van der Waals surface area contributed by atoms with Crippen molar-refractivity contribution >= 4 is 22.3 Å². The molecule has 0 heterocycles. The van der Waals surface area contributed by atoms with E-state index in [0.29, 0.717) is 12.2 Å². The topological polar surface area (TPSA) is 26.3 Å². The van der Waals surface area contributed by atoms with Crippen molar-refractivity contribution in [2.75, 3.05) is 0 Å². The SMILES string of the molecule is CCCCC(=O)Oc1ccc2cc(C3=CCC(C)CC3)ccc2c1. The predicted molar refractivity (Wildman–Crippen MR) is 100 cm³/mol. The number of unbranched alkanes of at least 4 members (excludes halogenated alkanes) is 1. The number of esters is 1. The third-order valence-corrected chi connectivity index (χ3v) is 4.82. The minimum absolute atomic E-state index is 0.144. The van der Waals surface area contributed by atoms with Gasteiger partial charge in [0.05, 0.1) is 0 Å². The van der Waals surface area contributed by atoms with E-state index in [-0.39, 0.29) is 5.97 Å². The third-order valence-electron chi connectivity index (χ3n) is 4.82. The molecule has 0 bridgehead atoms. The number of ether oxygens (including phenoxy) is 1. The van der Waals surface area contributed by atoms with Crippen LogP contribution in [-0.2, 0) is 4.79 Å². The molecule has 0 saturated heterocycles. The van der Waals surface area contributed by atoms with Crippen LogP contribution < -0.4 is 4.74 Å². The van der Waals surface area contributed by atoms with E-state index in [1.54, 1.807) is 0 Å². The summed E-state index contributed by atoms with van der Waals surface area (Å²) in [5.74, 6) is 1.30. The molecular formula is C22H26O2. The molecule has 0 amide bonds. The van der Waals surface area contributed by atoms with Crippen molar-refractivity contribution in [2.45, 2.75) is 52.4 Å². The van der Waals surface area contributed by atoms with Gasteiger partial charge >= 0.3 is 5.97 Å². The van der Waals surface area contributed by atoms with Crippen LogP contribution in [-0.4, -0.2) is 5.97 Å². The molecule has 1 aliphatic rings. The smallest absolute Gasteiger partial charge is 0.311 e. The van der Waals surface area contributed by atoms with Crippen molar-refractivity contribution in [1.29, 1.82) is 0 Å². The van der Waals surface area contributed by atoms with Gasteiger partial charge in [0.2, 0.25) is 0 Å². The molecule has 1 unspecified atom stereocenters. The van der Waals surface area contributed by atoms with Gasteiger partial charge < -0.3 is 4.74 Å².